The summed E-state index contributed by atoms with van der Waals surface area (Å²) in [6.45, 7) is 4.88. The molecule has 4 heteroatoms. The second kappa shape index (κ2) is 5.05. The summed E-state index contributed by atoms with van der Waals surface area (Å²) in [7, 11) is 0. The molecule has 0 saturated carbocycles. The Morgan fingerprint density at radius 2 is 1.94 bits per heavy atom. The van der Waals surface area contributed by atoms with Crippen LogP contribution >= 0.6 is 0 Å². The normalized spacial score (nSPS) is 25.3. The van der Waals surface area contributed by atoms with Crippen LogP contribution in [-0.4, -0.2) is 37.1 Å². The molecule has 1 amide bonds. The van der Waals surface area contributed by atoms with Crippen LogP contribution in [-0.2, 0) is 9.53 Å². The molecule has 2 aliphatic rings. The van der Waals surface area contributed by atoms with E-state index in [0.717, 1.165) is 38.8 Å². The topological polar surface area (TPSA) is 53.3 Å². The average molecular weight is 236 g/mol. The number of rotatable bonds is 1. The minimum atomic E-state index is -0.230. The van der Waals surface area contributed by atoms with E-state index in [9.17, 15) is 4.79 Å². The van der Waals surface area contributed by atoms with Crippen LogP contribution in [0.4, 0.5) is 0 Å². The molecule has 0 spiro atoms. The van der Waals surface area contributed by atoms with Gasteiger partial charge in [-0.2, -0.15) is 5.26 Å². The zero-order chi connectivity index (χ0) is 12.3. The van der Waals surface area contributed by atoms with Gasteiger partial charge in [-0.3, -0.25) is 4.79 Å². The number of carbonyl (C=O) groups excluding carboxylic acids is 1. The smallest absolute Gasteiger partial charge is 0.225 e. The lowest BCUT2D eigenvalue weighted by molar-refractivity contribution is -0.140. The Morgan fingerprint density at radius 3 is 2.47 bits per heavy atom. The molecule has 0 aromatic rings. The van der Waals surface area contributed by atoms with E-state index in [1.54, 1.807) is 0 Å². The summed E-state index contributed by atoms with van der Waals surface area (Å²) in [6, 6.07) is 2.36. The standard InChI is InChI=1S/C13H20N2O2/c1-13(10-14)4-6-15(7-5-13)12(16)11-2-8-17-9-3-11/h11H,2-9H2,1H3. The van der Waals surface area contributed by atoms with Crippen LogP contribution in [0, 0.1) is 22.7 Å². The molecule has 4 nitrogen and oxygen atoms in total. The third kappa shape index (κ3) is 2.78. The molecule has 2 rings (SSSR count). The first-order chi connectivity index (χ1) is 8.14. The van der Waals surface area contributed by atoms with Crippen molar-refractivity contribution in [2.75, 3.05) is 26.3 Å². The molecule has 17 heavy (non-hydrogen) atoms. The molecule has 2 saturated heterocycles. The molecule has 0 aromatic heterocycles. The first-order valence-electron chi connectivity index (χ1n) is 6.42. The first-order valence-corrected chi connectivity index (χ1v) is 6.42. The summed E-state index contributed by atoms with van der Waals surface area (Å²) in [5.74, 6) is 0.420. The van der Waals surface area contributed by atoms with Crippen LogP contribution in [0.3, 0.4) is 0 Å². The SMILES string of the molecule is CC1(C#N)CCN(C(=O)C2CCOCC2)CC1. The second-order valence-corrected chi connectivity index (χ2v) is 5.38. The Hall–Kier alpha value is -1.08. The number of ether oxygens (including phenoxy) is 1. The number of amides is 1. The molecular formula is C13H20N2O2. The Labute approximate surface area is 103 Å². The molecule has 0 aromatic carbocycles. The average Bonchev–Trinajstić information content (AvgIpc) is 2.40. The van der Waals surface area contributed by atoms with Gasteiger partial charge in [0.1, 0.15) is 0 Å². The van der Waals surface area contributed by atoms with Gasteiger partial charge in [-0.25, -0.2) is 0 Å². The fraction of sp³-hybridized carbons (Fsp3) is 0.846. The van der Waals surface area contributed by atoms with Crippen molar-refractivity contribution in [2.45, 2.75) is 32.6 Å². The Balaban J connectivity index is 1.88. The summed E-state index contributed by atoms with van der Waals surface area (Å²) < 4.78 is 5.27. The fourth-order valence-electron chi connectivity index (χ4n) is 2.54. The van der Waals surface area contributed by atoms with Crippen LogP contribution in [0.1, 0.15) is 32.6 Å². The lowest BCUT2D eigenvalue weighted by Gasteiger charge is -2.37. The molecule has 94 valence electrons. The van der Waals surface area contributed by atoms with Crippen molar-refractivity contribution in [1.29, 1.82) is 5.26 Å². The predicted molar refractivity (Wildman–Crippen MR) is 63.1 cm³/mol. The Morgan fingerprint density at radius 1 is 1.35 bits per heavy atom. The van der Waals surface area contributed by atoms with E-state index in [1.807, 2.05) is 11.8 Å². The maximum absolute atomic E-state index is 12.2. The highest BCUT2D eigenvalue weighted by atomic mass is 16.5. The Kier molecular flexibility index (Phi) is 3.68. The summed E-state index contributed by atoms with van der Waals surface area (Å²) >= 11 is 0. The number of carbonyl (C=O) groups is 1. The monoisotopic (exact) mass is 236 g/mol. The third-order valence-corrected chi connectivity index (χ3v) is 4.02. The van der Waals surface area contributed by atoms with Gasteiger partial charge in [0.05, 0.1) is 11.5 Å². The van der Waals surface area contributed by atoms with E-state index >= 15 is 0 Å². The van der Waals surface area contributed by atoms with Crippen molar-refractivity contribution in [3.05, 3.63) is 0 Å². The molecule has 0 N–H and O–H groups in total. The summed E-state index contributed by atoms with van der Waals surface area (Å²) in [4.78, 5) is 14.2. The molecule has 0 atom stereocenters. The minimum absolute atomic E-state index is 0.148. The fourth-order valence-corrected chi connectivity index (χ4v) is 2.54. The van der Waals surface area contributed by atoms with Crippen molar-refractivity contribution in [3.8, 4) is 6.07 Å². The van der Waals surface area contributed by atoms with Crippen LogP contribution in [0.2, 0.25) is 0 Å². The highest BCUT2D eigenvalue weighted by Crippen LogP contribution is 2.31. The van der Waals surface area contributed by atoms with Crippen molar-refractivity contribution < 1.29 is 9.53 Å². The number of nitriles is 1. The highest BCUT2D eigenvalue weighted by Gasteiger charge is 2.34. The van der Waals surface area contributed by atoms with E-state index < -0.39 is 0 Å². The van der Waals surface area contributed by atoms with Crippen molar-refractivity contribution in [2.24, 2.45) is 11.3 Å². The number of likely N-dealkylation sites (tertiary alicyclic amines) is 1. The molecule has 0 unspecified atom stereocenters. The number of hydrogen-bond acceptors (Lipinski definition) is 3. The lowest BCUT2D eigenvalue weighted by atomic mass is 9.81. The maximum atomic E-state index is 12.2. The predicted octanol–water partition coefficient (Wildman–Crippen LogP) is 1.57. The zero-order valence-electron chi connectivity index (χ0n) is 10.4. The highest BCUT2D eigenvalue weighted by molar-refractivity contribution is 5.79. The summed E-state index contributed by atoms with van der Waals surface area (Å²) in [5.41, 5.74) is -0.230. The van der Waals surface area contributed by atoms with Gasteiger partial charge < -0.3 is 9.64 Å². The van der Waals surface area contributed by atoms with Gasteiger partial charge in [0.15, 0.2) is 0 Å². The van der Waals surface area contributed by atoms with E-state index in [-0.39, 0.29) is 17.2 Å². The van der Waals surface area contributed by atoms with Gasteiger partial charge in [-0.05, 0) is 32.6 Å². The van der Waals surface area contributed by atoms with E-state index in [0.29, 0.717) is 13.2 Å². The van der Waals surface area contributed by atoms with Crippen LogP contribution < -0.4 is 0 Å². The lowest BCUT2D eigenvalue weighted by Crippen LogP contribution is -2.45. The van der Waals surface area contributed by atoms with E-state index in [4.69, 9.17) is 10.00 Å². The first kappa shape index (κ1) is 12.4. The maximum Gasteiger partial charge on any atom is 0.225 e. The van der Waals surface area contributed by atoms with Crippen molar-refractivity contribution in [3.63, 3.8) is 0 Å². The number of hydrogen-bond donors (Lipinski definition) is 0. The number of nitrogens with zero attached hydrogens (tertiary/aromatic N) is 2. The van der Waals surface area contributed by atoms with Gasteiger partial charge in [0.2, 0.25) is 5.91 Å². The molecule has 2 heterocycles. The van der Waals surface area contributed by atoms with Gasteiger partial charge >= 0.3 is 0 Å². The molecule has 0 aliphatic carbocycles. The van der Waals surface area contributed by atoms with Gasteiger partial charge in [-0.15, -0.1) is 0 Å². The minimum Gasteiger partial charge on any atom is -0.381 e. The van der Waals surface area contributed by atoms with Crippen molar-refractivity contribution >= 4 is 5.91 Å². The van der Waals surface area contributed by atoms with Gasteiger partial charge in [0, 0.05) is 32.2 Å². The quantitative estimate of drug-likeness (QED) is 0.694. The van der Waals surface area contributed by atoms with Gasteiger partial charge in [0.25, 0.3) is 0 Å². The summed E-state index contributed by atoms with van der Waals surface area (Å²) in [6.07, 6.45) is 3.31. The van der Waals surface area contributed by atoms with Crippen LogP contribution in [0.5, 0.6) is 0 Å². The van der Waals surface area contributed by atoms with Gasteiger partial charge in [-0.1, -0.05) is 0 Å². The van der Waals surface area contributed by atoms with Crippen LogP contribution in [0.25, 0.3) is 0 Å². The molecular weight excluding hydrogens is 216 g/mol. The van der Waals surface area contributed by atoms with E-state index in [2.05, 4.69) is 6.07 Å². The van der Waals surface area contributed by atoms with Crippen LogP contribution in [0.15, 0.2) is 0 Å². The summed E-state index contributed by atoms with van der Waals surface area (Å²) in [5, 5.41) is 9.05. The molecule has 2 fully saturated rings. The second-order valence-electron chi connectivity index (χ2n) is 5.38. The molecule has 2 aliphatic heterocycles. The molecule has 0 radical (unpaired) electrons. The number of piperidine rings is 1. The third-order valence-electron chi connectivity index (χ3n) is 4.02. The molecule has 0 bridgehead atoms. The zero-order valence-corrected chi connectivity index (χ0v) is 10.4. The largest absolute Gasteiger partial charge is 0.381 e. The van der Waals surface area contributed by atoms with E-state index in [1.165, 1.54) is 0 Å². The Bertz CT molecular complexity index is 321. The van der Waals surface area contributed by atoms with Crippen molar-refractivity contribution in [1.82, 2.24) is 4.90 Å².